The molecule has 0 saturated carbocycles. The maximum Gasteiger partial charge on any atom is 0.308 e. The normalized spacial score (nSPS) is 14.6. The summed E-state index contributed by atoms with van der Waals surface area (Å²) in [5.41, 5.74) is 1.55. The van der Waals surface area contributed by atoms with E-state index in [1.807, 2.05) is 37.3 Å². The van der Waals surface area contributed by atoms with Gasteiger partial charge in [0, 0.05) is 17.4 Å². The number of benzene rings is 2. The van der Waals surface area contributed by atoms with Gasteiger partial charge in [-0.2, -0.15) is 0 Å². The molecule has 0 bridgehead atoms. The third-order valence-electron chi connectivity index (χ3n) is 3.39. The number of carbonyl (C=O) groups is 2. The van der Waals surface area contributed by atoms with Crippen molar-refractivity contribution in [2.24, 2.45) is 0 Å². The Morgan fingerprint density at radius 2 is 1.96 bits per heavy atom. The van der Waals surface area contributed by atoms with Gasteiger partial charge in [0.1, 0.15) is 0 Å². The van der Waals surface area contributed by atoms with Crippen LogP contribution < -0.4 is 9.47 Å². The van der Waals surface area contributed by atoms with Gasteiger partial charge in [-0.3, -0.25) is 9.59 Å². The van der Waals surface area contributed by atoms with E-state index in [0.29, 0.717) is 23.0 Å². The first-order valence-corrected chi connectivity index (χ1v) is 8.38. The van der Waals surface area contributed by atoms with Crippen molar-refractivity contribution < 1.29 is 19.1 Å². The lowest BCUT2D eigenvalue weighted by Gasteiger charge is -2.10. The number of hydrogen-bond acceptors (Lipinski definition) is 5. The number of thioether (sulfide) groups is 1. The van der Waals surface area contributed by atoms with Crippen molar-refractivity contribution >= 4 is 29.6 Å². The fourth-order valence-electron chi connectivity index (χ4n) is 2.41. The lowest BCUT2D eigenvalue weighted by atomic mass is 10.1. The van der Waals surface area contributed by atoms with Crippen LogP contribution in [0.4, 0.5) is 0 Å². The van der Waals surface area contributed by atoms with Crippen LogP contribution >= 0.6 is 11.8 Å². The number of Topliss-reactive ketones (excluding diaryl/α,β-unsaturated/α-hetero) is 1. The summed E-state index contributed by atoms with van der Waals surface area (Å²) >= 11 is 1.46. The van der Waals surface area contributed by atoms with Gasteiger partial charge in [0.2, 0.25) is 5.78 Å². The Hall–Kier alpha value is -2.53. The Morgan fingerprint density at radius 1 is 1.17 bits per heavy atom. The summed E-state index contributed by atoms with van der Waals surface area (Å²) in [6, 6.07) is 12.8. The molecule has 3 rings (SSSR count). The van der Waals surface area contributed by atoms with Crippen molar-refractivity contribution in [3.05, 3.63) is 58.5 Å². The zero-order valence-corrected chi connectivity index (χ0v) is 14.2. The van der Waals surface area contributed by atoms with E-state index in [-0.39, 0.29) is 5.78 Å². The zero-order chi connectivity index (χ0) is 17.1. The van der Waals surface area contributed by atoms with Crippen molar-refractivity contribution in [2.75, 3.05) is 6.61 Å². The molecule has 1 aliphatic heterocycles. The van der Waals surface area contributed by atoms with Crippen LogP contribution in [0, 0.1) is 0 Å². The van der Waals surface area contributed by atoms with Crippen molar-refractivity contribution in [1.82, 2.24) is 0 Å². The number of carbonyl (C=O) groups excluding carboxylic acids is 2. The summed E-state index contributed by atoms with van der Waals surface area (Å²) in [7, 11) is 0. The highest BCUT2D eigenvalue weighted by Gasteiger charge is 2.25. The highest BCUT2D eigenvalue weighted by molar-refractivity contribution is 8.04. The highest BCUT2D eigenvalue weighted by atomic mass is 32.2. The van der Waals surface area contributed by atoms with Gasteiger partial charge in [-0.1, -0.05) is 30.0 Å². The topological polar surface area (TPSA) is 52.6 Å². The zero-order valence-electron chi connectivity index (χ0n) is 13.4. The molecule has 122 valence electrons. The molecule has 0 aliphatic carbocycles. The van der Waals surface area contributed by atoms with E-state index in [0.717, 1.165) is 16.0 Å². The third-order valence-corrected chi connectivity index (χ3v) is 4.49. The average Bonchev–Trinajstić information content (AvgIpc) is 2.86. The summed E-state index contributed by atoms with van der Waals surface area (Å²) < 4.78 is 10.7. The van der Waals surface area contributed by atoms with Crippen LogP contribution in [0.1, 0.15) is 29.8 Å². The SMILES string of the molecule is CCOc1cc(C=C2Sc3ccccc3C2=O)ccc1OC(C)=O. The molecule has 0 unspecified atom stereocenters. The molecule has 0 N–H and O–H groups in total. The third kappa shape index (κ3) is 3.36. The summed E-state index contributed by atoms with van der Waals surface area (Å²) in [4.78, 5) is 25.2. The van der Waals surface area contributed by atoms with Gasteiger partial charge in [0.15, 0.2) is 11.5 Å². The molecule has 0 amide bonds. The van der Waals surface area contributed by atoms with E-state index in [1.165, 1.54) is 18.7 Å². The van der Waals surface area contributed by atoms with Crippen molar-refractivity contribution in [2.45, 2.75) is 18.7 Å². The van der Waals surface area contributed by atoms with E-state index in [9.17, 15) is 9.59 Å². The molecule has 0 fully saturated rings. The fourth-order valence-corrected chi connectivity index (χ4v) is 3.46. The molecule has 1 heterocycles. The second kappa shape index (κ2) is 6.93. The Balaban J connectivity index is 1.92. The molecule has 1 aliphatic rings. The Kier molecular flexibility index (Phi) is 4.71. The van der Waals surface area contributed by atoms with E-state index in [2.05, 4.69) is 0 Å². The van der Waals surface area contributed by atoms with Gasteiger partial charge in [-0.15, -0.1) is 0 Å². The first kappa shape index (κ1) is 16.3. The van der Waals surface area contributed by atoms with E-state index >= 15 is 0 Å². The quantitative estimate of drug-likeness (QED) is 0.471. The van der Waals surface area contributed by atoms with Crippen molar-refractivity contribution in [1.29, 1.82) is 0 Å². The smallest absolute Gasteiger partial charge is 0.308 e. The second-order valence-corrected chi connectivity index (χ2v) is 6.25. The Bertz CT molecular complexity index is 839. The molecule has 0 atom stereocenters. The molecular weight excluding hydrogens is 324 g/mol. The number of esters is 1. The number of ketones is 1. The predicted molar refractivity (Wildman–Crippen MR) is 93.5 cm³/mol. The molecule has 0 aromatic heterocycles. The molecule has 0 spiro atoms. The summed E-state index contributed by atoms with van der Waals surface area (Å²) in [6.45, 7) is 3.65. The summed E-state index contributed by atoms with van der Waals surface area (Å²) in [5, 5.41) is 0. The van der Waals surface area contributed by atoms with Crippen LogP contribution in [0.3, 0.4) is 0 Å². The molecule has 4 nitrogen and oxygen atoms in total. The molecular formula is C19H16O4S. The first-order chi connectivity index (χ1) is 11.6. The van der Waals surface area contributed by atoms with Gasteiger partial charge in [0.25, 0.3) is 0 Å². The van der Waals surface area contributed by atoms with Crippen molar-refractivity contribution in [3.63, 3.8) is 0 Å². The monoisotopic (exact) mass is 340 g/mol. The molecule has 0 saturated heterocycles. The van der Waals surface area contributed by atoms with Crippen LogP contribution in [0.15, 0.2) is 52.3 Å². The van der Waals surface area contributed by atoms with Crippen molar-refractivity contribution in [3.8, 4) is 11.5 Å². The minimum Gasteiger partial charge on any atom is -0.490 e. The van der Waals surface area contributed by atoms with Gasteiger partial charge in [0.05, 0.1) is 11.5 Å². The first-order valence-electron chi connectivity index (χ1n) is 7.57. The Labute approximate surface area is 144 Å². The van der Waals surface area contributed by atoms with Gasteiger partial charge >= 0.3 is 5.97 Å². The maximum absolute atomic E-state index is 12.4. The fraction of sp³-hybridized carbons (Fsp3) is 0.158. The average molecular weight is 340 g/mol. The lowest BCUT2D eigenvalue weighted by molar-refractivity contribution is -0.132. The number of fused-ring (bicyclic) bond motifs is 1. The van der Waals surface area contributed by atoms with Crippen LogP contribution in [-0.4, -0.2) is 18.4 Å². The number of allylic oxidation sites excluding steroid dienone is 1. The molecule has 24 heavy (non-hydrogen) atoms. The lowest BCUT2D eigenvalue weighted by Crippen LogP contribution is -2.04. The van der Waals surface area contributed by atoms with Crippen LogP contribution in [0.5, 0.6) is 11.5 Å². The number of ether oxygens (including phenoxy) is 2. The molecule has 2 aromatic rings. The standard InChI is InChI=1S/C19H16O4S/c1-3-22-16-10-13(8-9-15(16)23-12(2)20)11-18-19(21)14-6-4-5-7-17(14)24-18/h4-11H,3H2,1-2H3. The van der Waals surface area contributed by atoms with E-state index in [4.69, 9.17) is 9.47 Å². The van der Waals surface area contributed by atoms with Gasteiger partial charge in [-0.05, 0) is 42.8 Å². The van der Waals surface area contributed by atoms with Crippen LogP contribution in [-0.2, 0) is 4.79 Å². The summed E-state index contributed by atoms with van der Waals surface area (Å²) in [5.74, 6) is 0.479. The minimum atomic E-state index is -0.404. The van der Waals surface area contributed by atoms with Gasteiger partial charge in [-0.25, -0.2) is 0 Å². The van der Waals surface area contributed by atoms with Gasteiger partial charge < -0.3 is 9.47 Å². The number of rotatable bonds is 4. The largest absolute Gasteiger partial charge is 0.490 e. The molecule has 2 aromatic carbocycles. The highest BCUT2D eigenvalue weighted by Crippen LogP contribution is 2.41. The molecule has 0 radical (unpaired) electrons. The van der Waals surface area contributed by atoms with Crippen LogP contribution in [0.25, 0.3) is 6.08 Å². The maximum atomic E-state index is 12.4. The molecule has 5 heteroatoms. The second-order valence-electron chi connectivity index (χ2n) is 5.17. The number of hydrogen-bond donors (Lipinski definition) is 0. The predicted octanol–water partition coefficient (Wildman–Crippen LogP) is 4.34. The Morgan fingerprint density at radius 3 is 2.67 bits per heavy atom. The van der Waals surface area contributed by atoms with E-state index in [1.54, 1.807) is 18.2 Å². The van der Waals surface area contributed by atoms with Crippen LogP contribution in [0.2, 0.25) is 0 Å². The van der Waals surface area contributed by atoms with E-state index < -0.39 is 5.97 Å². The minimum absolute atomic E-state index is 0.0256. The summed E-state index contributed by atoms with van der Waals surface area (Å²) in [6.07, 6.45) is 1.83.